The van der Waals surface area contributed by atoms with Crippen molar-refractivity contribution < 1.29 is 14.2 Å². The summed E-state index contributed by atoms with van der Waals surface area (Å²) in [5.41, 5.74) is 3.40. The Morgan fingerprint density at radius 3 is 1.39 bits per heavy atom. The number of isocyanates is 2. The van der Waals surface area contributed by atoms with Crippen molar-refractivity contribution in [1.29, 1.82) is 0 Å². The number of carbonyl (C=O) groups excluding carboxylic acids is 2. The molecule has 0 amide bonds. The van der Waals surface area contributed by atoms with Crippen molar-refractivity contribution in [1.82, 2.24) is 0 Å². The fraction of sp³-hybridized carbons (Fsp3) is 0.440. The van der Waals surface area contributed by atoms with E-state index in [0.29, 0.717) is 11.4 Å². The van der Waals surface area contributed by atoms with Gasteiger partial charge in [-0.1, -0.05) is 57.9 Å². The summed E-state index contributed by atoms with van der Waals surface area (Å²) in [6.07, 6.45) is 13.7. The summed E-state index contributed by atoms with van der Waals surface area (Å²) < 4.78 is 11.4. The monoisotopic (exact) mass is 440 g/mol. The van der Waals surface area contributed by atoms with E-state index in [9.17, 15) is 14.2 Å². The SMILES string of the molecule is C.C1CC1.CCP1(=O)CCCC1.O=C=Nc1ccc(Cc2ccc(N=C=O)cc2)cc1. The van der Waals surface area contributed by atoms with Gasteiger partial charge in [0.25, 0.3) is 0 Å². The van der Waals surface area contributed by atoms with Crippen LogP contribution in [0, 0.1) is 0 Å². The molecule has 6 heteroatoms. The Hall–Kier alpha value is -2.57. The van der Waals surface area contributed by atoms with Crippen LogP contribution < -0.4 is 0 Å². The van der Waals surface area contributed by atoms with Gasteiger partial charge in [0.05, 0.1) is 18.5 Å². The number of hydrogen-bond donors (Lipinski definition) is 0. The van der Waals surface area contributed by atoms with E-state index in [0.717, 1.165) is 36.0 Å². The van der Waals surface area contributed by atoms with Crippen LogP contribution in [0.15, 0.2) is 58.5 Å². The lowest BCUT2D eigenvalue weighted by Crippen LogP contribution is -1.86. The minimum Gasteiger partial charge on any atom is -0.324 e. The zero-order chi connectivity index (χ0) is 21.7. The van der Waals surface area contributed by atoms with Crippen LogP contribution in [0.4, 0.5) is 11.4 Å². The summed E-state index contributed by atoms with van der Waals surface area (Å²) in [5, 5.41) is 0. The van der Waals surface area contributed by atoms with Gasteiger partial charge < -0.3 is 4.57 Å². The van der Waals surface area contributed by atoms with Gasteiger partial charge in [-0.15, -0.1) is 0 Å². The van der Waals surface area contributed by atoms with Gasteiger partial charge in [0.1, 0.15) is 0 Å². The highest BCUT2D eigenvalue weighted by molar-refractivity contribution is 7.64. The Kier molecular flexibility index (Phi) is 12.3. The van der Waals surface area contributed by atoms with Crippen molar-refractivity contribution in [2.45, 2.75) is 52.9 Å². The lowest BCUT2D eigenvalue weighted by atomic mass is 10.0. The third-order valence-electron chi connectivity index (χ3n) is 4.94. The first kappa shape index (κ1) is 26.5. The highest BCUT2D eigenvalue weighted by Gasteiger charge is 2.23. The van der Waals surface area contributed by atoms with Crippen LogP contribution in [0.25, 0.3) is 0 Å². The van der Waals surface area contributed by atoms with Gasteiger partial charge in [-0.2, -0.15) is 9.98 Å². The molecule has 0 unspecified atom stereocenters. The van der Waals surface area contributed by atoms with Gasteiger partial charge in [0, 0.05) is 12.3 Å². The van der Waals surface area contributed by atoms with Crippen LogP contribution >= 0.6 is 7.14 Å². The van der Waals surface area contributed by atoms with Gasteiger partial charge in [0.2, 0.25) is 12.2 Å². The summed E-state index contributed by atoms with van der Waals surface area (Å²) >= 11 is 0. The minimum absolute atomic E-state index is 0. The summed E-state index contributed by atoms with van der Waals surface area (Å²) in [4.78, 5) is 27.3. The minimum atomic E-state index is -1.55. The molecule has 2 fully saturated rings. The molecule has 1 saturated carbocycles. The molecule has 1 saturated heterocycles. The highest BCUT2D eigenvalue weighted by atomic mass is 31.2. The first-order chi connectivity index (χ1) is 14.6. The Morgan fingerprint density at radius 1 is 0.742 bits per heavy atom. The first-order valence-electron chi connectivity index (χ1n) is 10.5. The molecule has 0 bridgehead atoms. The quantitative estimate of drug-likeness (QED) is 0.281. The smallest absolute Gasteiger partial charge is 0.240 e. The molecule has 31 heavy (non-hydrogen) atoms. The average molecular weight is 441 g/mol. The number of aliphatic imine (C=N–C) groups is 2. The Bertz CT molecular complexity index is 852. The van der Waals surface area contributed by atoms with Crippen LogP contribution in [0.5, 0.6) is 0 Å². The van der Waals surface area contributed by atoms with Crippen molar-refractivity contribution in [3.8, 4) is 0 Å². The van der Waals surface area contributed by atoms with E-state index < -0.39 is 7.14 Å². The zero-order valence-corrected chi connectivity index (χ0v) is 18.4. The summed E-state index contributed by atoms with van der Waals surface area (Å²) in [6, 6.07) is 14.7. The van der Waals surface area contributed by atoms with Crippen molar-refractivity contribution >= 4 is 30.7 Å². The van der Waals surface area contributed by atoms with Gasteiger partial charge in [0.15, 0.2) is 0 Å². The lowest BCUT2D eigenvalue weighted by molar-refractivity contribution is 0.564. The molecule has 0 N–H and O–H groups in total. The Balaban J connectivity index is 0.000000329. The molecule has 2 aromatic rings. The van der Waals surface area contributed by atoms with Crippen LogP contribution in [0.1, 0.15) is 57.6 Å². The van der Waals surface area contributed by atoms with E-state index in [-0.39, 0.29) is 7.43 Å². The maximum Gasteiger partial charge on any atom is 0.240 e. The molecule has 0 aromatic heterocycles. The maximum atomic E-state index is 11.4. The van der Waals surface area contributed by atoms with E-state index in [2.05, 4.69) is 9.98 Å². The molecule has 4 rings (SSSR count). The van der Waals surface area contributed by atoms with Crippen molar-refractivity contribution in [2.75, 3.05) is 18.5 Å². The topological polar surface area (TPSA) is 75.9 Å². The molecule has 1 aliphatic heterocycles. The molecular formula is C25H33N2O3P. The van der Waals surface area contributed by atoms with E-state index in [4.69, 9.17) is 0 Å². The summed E-state index contributed by atoms with van der Waals surface area (Å²) in [7, 11) is -1.55. The van der Waals surface area contributed by atoms with Crippen molar-refractivity contribution in [2.24, 2.45) is 9.98 Å². The molecule has 2 aromatic carbocycles. The van der Waals surface area contributed by atoms with Crippen LogP contribution in [-0.4, -0.2) is 30.6 Å². The van der Waals surface area contributed by atoms with Gasteiger partial charge in [-0.3, -0.25) is 0 Å². The largest absolute Gasteiger partial charge is 0.324 e. The molecule has 0 radical (unpaired) electrons. The van der Waals surface area contributed by atoms with Crippen LogP contribution in [-0.2, 0) is 20.6 Å². The number of rotatable bonds is 5. The van der Waals surface area contributed by atoms with E-state index >= 15 is 0 Å². The fourth-order valence-corrected chi connectivity index (χ4v) is 5.40. The van der Waals surface area contributed by atoms with E-state index in [1.165, 1.54) is 44.3 Å². The number of hydrogen-bond acceptors (Lipinski definition) is 5. The molecule has 5 nitrogen and oxygen atoms in total. The molecule has 1 heterocycles. The van der Waals surface area contributed by atoms with E-state index in [1.54, 1.807) is 24.3 Å². The molecule has 0 spiro atoms. The van der Waals surface area contributed by atoms with Crippen molar-refractivity contribution in [3.05, 3.63) is 59.7 Å². The number of benzene rings is 2. The Morgan fingerprint density at radius 2 is 1.13 bits per heavy atom. The normalized spacial score (nSPS) is 14.7. The predicted molar refractivity (Wildman–Crippen MR) is 129 cm³/mol. The molecule has 1 aliphatic carbocycles. The Labute approximate surface area is 186 Å². The fourth-order valence-electron chi connectivity index (χ4n) is 2.95. The maximum absolute atomic E-state index is 11.4. The summed E-state index contributed by atoms with van der Waals surface area (Å²) in [5.74, 6) is 0. The van der Waals surface area contributed by atoms with E-state index in [1.807, 2.05) is 31.2 Å². The average Bonchev–Trinajstić information content (AvgIpc) is 3.59. The molecule has 2 aliphatic rings. The molecule has 0 atom stereocenters. The predicted octanol–water partition coefficient (Wildman–Crippen LogP) is 7.18. The van der Waals surface area contributed by atoms with Gasteiger partial charge in [-0.05, 0) is 60.8 Å². The van der Waals surface area contributed by atoms with Crippen LogP contribution in [0.2, 0.25) is 0 Å². The second kappa shape index (κ2) is 14.4. The van der Waals surface area contributed by atoms with Crippen LogP contribution in [0.3, 0.4) is 0 Å². The van der Waals surface area contributed by atoms with Gasteiger partial charge >= 0.3 is 0 Å². The van der Waals surface area contributed by atoms with Crippen molar-refractivity contribution in [3.63, 3.8) is 0 Å². The third-order valence-corrected chi connectivity index (χ3v) is 8.36. The zero-order valence-electron chi connectivity index (χ0n) is 17.5. The second-order valence-electron chi connectivity index (χ2n) is 7.51. The standard InChI is InChI=1S/C15H10N2O2.C6H13OP.C3H6.CH4/c18-10-16-14-5-1-12(2-6-14)9-13-3-7-15(8-4-13)17-11-19;1-2-8(7)5-3-4-6-8;1-2-3-1;/h1-8H,9H2;2-6H2,1H3;1-3H2;1H4. The molecule has 166 valence electrons. The number of nitrogens with zero attached hydrogens (tertiary/aromatic N) is 2. The molecular weight excluding hydrogens is 407 g/mol. The highest BCUT2D eigenvalue weighted by Crippen LogP contribution is 2.51. The first-order valence-corrected chi connectivity index (χ1v) is 12.8. The van der Waals surface area contributed by atoms with Gasteiger partial charge in [-0.25, -0.2) is 9.59 Å². The third kappa shape index (κ3) is 10.9. The summed E-state index contributed by atoms with van der Waals surface area (Å²) in [6.45, 7) is 2.05. The second-order valence-corrected chi connectivity index (χ2v) is 11.1. The lowest BCUT2D eigenvalue weighted by Gasteiger charge is -2.03.